The van der Waals surface area contributed by atoms with Gasteiger partial charge in [-0.25, -0.2) is 4.79 Å². The molecule has 0 fully saturated rings. The molecule has 1 amide bonds. The van der Waals surface area contributed by atoms with Crippen molar-refractivity contribution in [2.75, 3.05) is 11.9 Å². The van der Waals surface area contributed by atoms with Gasteiger partial charge in [0.15, 0.2) is 6.61 Å². The van der Waals surface area contributed by atoms with Gasteiger partial charge in [0.2, 0.25) is 0 Å². The molecule has 1 N–H and O–H groups in total. The van der Waals surface area contributed by atoms with Crippen LogP contribution in [0.1, 0.15) is 11.1 Å². The Kier molecular flexibility index (Phi) is 5.49. The van der Waals surface area contributed by atoms with Crippen LogP contribution in [0.2, 0.25) is 0 Å². The van der Waals surface area contributed by atoms with Crippen molar-refractivity contribution >= 4 is 23.6 Å². The van der Waals surface area contributed by atoms with E-state index in [2.05, 4.69) is 5.32 Å². The Bertz CT molecular complexity index is 678. The topological polar surface area (TPSA) is 55.4 Å². The predicted molar refractivity (Wildman–Crippen MR) is 86.2 cm³/mol. The van der Waals surface area contributed by atoms with E-state index in [9.17, 15) is 9.59 Å². The van der Waals surface area contributed by atoms with Crippen LogP contribution < -0.4 is 5.32 Å². The van der Waals surface area contributed by atoms with Gasteiger partial charge in [-0.3, -0.25) is 4.79 Å². The number of nitrogens with one attached hydrogen (secondary N) is 1. The van der Waals surface area contributed by atoms with E-state index in [0.717, 1.165) is 11.1 Å². The van der Waals surface area contributed by atoms with Gasteiger partial charge in [-0.2, -0.15) is 0 Å². The van der Waals surface area contributed by atoms with Gasteiger partial charge in [0.25, 0.3) is 5.91 Å². The van der Waals surface area contributed by atoms with Crippen molar-refractivity contribution in [1.29, 1.82) is 0 Å². The second-order valence-electron chi connectivity index (χ2n) is 4.77. The Hall–Kier alpha value is -2.88. The molecule has 22 heavy (non-hydrogen) atoms. The lowest BCUT2D eigenvalue weighted by Crippen LogP contribution is -2.20. The van der Waals surface area contributed by atoms with Crippen molar-refractivity contribution in [3.05, 3.63) is 71.8 Å². The lowest BCUT2D eigenvalue weighted by molar-refractivity contribution is -0.142. The van der Waals surface area contributed by atoms with E-state index in [4.69, 9.17) is 4.74 Å². The van der Waals surface area contributed by atoms with Crippen molar-refractivity contribution in [3.8, 4) is 0 Å². The molecule has 0 aliphatic heterocycles. The van der Waals surface area contributed by atoms with E-state index in [-0.39, 0.29) is 12.5 Å². The van der Waals surface area contributed by atoms with Gasteiger partial charge in [0, 0.05) is 11.8 Å². The number of hydrogen-bond acceptors (Lipinski definition) is 3. The van der Waals surface area contributed by atoms with Crippen LogP contribution in [0, 0.1) is 6.92 Å². The highest BCUT2D eigenvalue weighted by atomic mass is 16.5. The first kappa shape index (κ1) is 15.5. The number of hydrogen-bond donors (Lipinski definition) is 1. The average molecular weight is 295 g/mol. The zero-order valence-corrected chi connectivity index (χ0v) is 12.3. The molecule has 0 aliphatic rings. The monoisotopic (exact) mass is 295 g/mol. The summed E-state index contributed by atoms with van der Waals surface area (Å²) in [6.07, 6.45) is 2.94. The minimum atomic E-state index is -0.553. The summed E-state index contributed by atoms with van der Waals surface area (Å²) in [4.78, 5) is 23.2. The number of rotatable bonds is 5. The largest absolute Gasteiger partial charge is 0.452 e. The summed E-state index contributed by atoms with van der Waals surface area (Å²) >= 11 is 0. The summed E-state index contributed by atoms with van der Waals surface area (Å²) in [7, 11) is 0. The second-order valence-corrected chi connectivity index (χ2v) is 4.77. The summed E-state index contributed by atoms with van der Waals surface area (Å²) in [6.45, 7) is 1.62. The summed E-state index contributed by atoms with van der Waals surface area (Å²) in [6, 6.07) is 16.8. The van der Waals surface area contributed by atoms with Crippen LogP contribution in [-0.4, -0.2) is 18.5 Å². The maximum Gasteiger partial charge on any atom is 0.331 e. The first-order valence-corrected chi connectivity index (χ1v) is 6.90. The van der Waals surface area contributed by atoms with Gasteiger partial charge in [-0.05, 0) is 36.3 Å². The fourth-order valence-electron chi connectivity index (χ4n) is 1.83. The van der Waals surface area contributed by atoms with Crippen LogP contribution >= 0.6 is 0 Å². The molecule has 0 atom stereocenters. The van der Waals surface area contributed by atoms with Crippen LogP contribution in [0.15, 0.2) is 60.7 Å². The second kappa shape index (κ2) is 7.78. The van der Waals surface area contributed by atoms with Gasteiger partial charge < -0.3 is 10.1 Å². The van der Waals surface area contributed by atoms with Gasteiger partial charge in [0.05, 0.1) is 0 Å². The molecule has 0 spiro atoms. The van der Waals surface area contributed by atoms with Gasteiger partial charge in [-0.15, -0.1) is 0 Å². The molecule has 0 aromatic heterocycles. The molecule has 0 unspecified atom stereocenters. The maximum absolute atomic E-state index is 11.7. The maximum atomic E-state index is 11.7. The lowest BCUT2D eigenvalue weighted by Gasteiger charge is -2.06. The summed E-state index contributed by atoms with van der Waals surface area (Å²) in [5.41, 5.74) is 2.62. The normalized spacial score (nSPS) is 10.4. The van der Waals surface area contributed by atoms with E-state index in [0.29, 0.717) is 5.69 Å². The molecule has 0 bridgehead atoms. The predicted octanol–water partition coefficient (Wildman–Crippen LogP) is 3.19. The number of ether oxygens (including phenoxy) is 1. The first-order valence-electron chi connectivity index (χ1n) is 6.90. The number of carbonyl (C=O) groups excluding carboxylic acids is 2. The Labute approximate surface area is 129 Å². The molecule has 4 nitrogen and oxygen atoms in total. The molecule has 0 saturated carbocycles. The molecular weight excluding hydrogens is 278 g/mol. The SMILES string of the molecule is Cc1cccc(NC(=O)COC(=O)C=Cc2ccccc2)c1. The van der Waals surface area contributed by atoms with E-state index >= 15 is 0 Å². The zero-order chi connectivity index (χ0) is 15.8. The molecular formula is C18H17NO3. The fraction of sp³-hybridized carbons (Fsp3) is 0.111. The Morgan fingerprint density at radius 3 is 2.59 bits per heavy atom. The molecule has 0 heterocycles. The Morgan fingerprint density at radius 2 is 1.86 bits per heavy atom. The number of esters is 1. The standard InChI is InChI=1S/C18H17NO3/c1-14-6-5-9-16(12-14)19-17(20)13-22-18(21)11-10-15-7-3-2-4-8-15/h2-12H,13H2,1H3,(H,19,20). The van der Waals surface area contributed by atoms with Crippen molar-refractivity contribution in [3.63, 3.8) is 0 Å². The molecule has 0 radical (unpaired) electrons. The zero-order valence-electron chi connectivity index (χ0n) is 12.3. The van der Waals surface area contributed by atoms with Crippen molar-refractivity contribution in [1.82, 2.24) is 0 Å². The number of carbonyl (C=O) groups is 2. The van der Waals surface area contributed by atoms with Gasteiger partial charge in [-0.1, -0.05) is 42.5 Å². The fourth-order valence-corrected chi connectivity index (χ4v) is 1.83. The first-order chi connectivity index (χ1) is 10.6. The third-order valence-corrected chi connectivity index (χ3v) is 2.86. The van der Waals surface area contributed by atoms with E-state index in [1.165, 1.54) is 6.08 Å². The molecule has 0 saturated heterocycles. The number of aryl methyl sites for hydroxylation is 1. The lowest BCUT2D eigenvalue weighted by atomic mass is 10.2. The summed E-state index contributed by atoms with van der Waals surface area (Å²) < 4.78 is 4.89. The van der Waals surface area contributed by atoms with Crippen LogP contribution in [0.25, 0.3) is 6.08 Å². The third-order valence-electron chi connectivity index (χ3n) is 2.86. The Balaban J connectivity index is 1.78. The van der Waals surface area contributed by atoms with E-state index < -0.39 is 5.97 Å². The molecule has 2 aromatic rings. The number of anilines is 1. The quantitative estimate of drug-likeness (QED) is 0.681. The van der Waals surface area contributed by atoms with Crippen LogP contribution in [-0.2, 0) is 14.3 Å². The average Bonchev–Trinajstić information content (AvgIpc) is 2.52. The summed E-state index contributed by atoms with van der Waals surface area (Å²) in [5, 5.41) is 2.67. The minimum Gasteiger partial charge on any atom is -0.452 e. The van der Waals surface area contributed by atoms with Crippen molar-refractivity contribution in [2.24, 2.45) is 0 Å². The third kappa shape index (κ3) is 5.25. The molecule has 0 aliphatic carbocycles. The highest BCUT2D eigenvalue weighted by Crippen LogP contribution is 2.09. The molecule has 2 aromatic carbocycles. The van der Waals surface area contributed by atoms with Crippen LogP contribution in [0.3, 0.4) is 0 Å². The highest BCUT2D eigenvalue weighted by Gasteiger charge is 2.05. The Morgan fingerprint density at radius 1 is 1.09 bits per heavy atom. The number of benzene rings is 2. The molecule has 112 valence electrons. The number of amides is 1. The van der Waals surface area contributed by atoms with E-state index in [1.54, 1.807) is 12.1 Å². The van der Waals surface area contributed by atoms with Crippen LogP contribution in [0.4, 0.5) is 5.69 Å². The van der Waals surface area contributed by atoms with Crippen LogP contribution in [0.5, 0.6) is 0 Å². The van der Waals surface area contributed by atoms with Gasteiger partial charge >= 0.3 is 5.97 Å². The summed E-state index contributed by atoms with van der Waals surface area (Å²) in [5.74, 6) is -0.921. The van der Waals surface area contributed by atoms with Gasteiger partial charge in [0.1, 0.15) is 0 Å². The molecule has 2 rings (SSSR count). The van der Waals surface area contributed by atoms with E-state index in [1.807, 2.05) is 55.5 Å². The van der Waals surface area contributed by atoms with Crippen molar-refractivity contribution < 1.29 is 14.3 Å². The van der Waals surface area contributed by atoms with Crippen molar-refractivity contribution in [2.45, 2.75) is 6.92 Å². The smallest absolute Gasteiger partial charge is 0.331 e. The molecule has 4 heteroatoms. The highest BCUT2D eigenvalue weighted by molar-refractivity contribution is 5.94. The minimum absolute atomic E-state index is 0.314.